The molecule has 2 bridgehead atoms. The van der Waals surface area contributed by atoms with Gasteiger partial charge in [-0.3, -0.25) is 9.59 Å². The molecule has 4 heterocycles. The molecule has 3 aliphatic heterocycles. The van der Waals surface area contributed by atoms with E-state index in [1.165, 1.54) is 6.26 Å². The van der Waals surface area contributed by atoms with Gasteiger partial charge in [-0.2, -0.15) is 0 Å². The largest absolute Gasteiger partial charge is 0.364 e. The fourth-order valence-electron chi connectivity index (χ4n) is 4.74. The number of fused-ring (bicyclic) bond motifs is 1. The molecule has 140 valence electrons. The number of ether oxygens (including phenoxy) is 1. The summed E-state index contributed by atoms with van der Waals surface area (Å²) >= 11 is 0. The fraction of sp³-hybridized carbons (Fsp3) is 0.632. The number of aromatic nitrogens is 1. The highest BCUT2D eigenvalue weighted by atomic mass is 16.5. The third-order valence-electron chi connectivity index (χ3n) is 6.06. The van der Waals surface area contributed by atoms with Gasteiger partial charge in [0.15, 0.2) is 0 Å². The Morgan fingerprint density at radius 3 is 2.88 bits per heavy atom. The predicted molar refractivity (Wildman–Crippen MR) is 92.8 cm³/mol. The molecule has 2 unspecified atom stereocenters. The van der Waals surface area contributed by atoms with Crippen molar-refractivity contribution in [1.29, 1.82) is 0 Å². The number of likely N-dealkylation sites (tertiary alicyclic amines) is 1. The van der Waals surface area contributed by atoms with Crippen LogP contribution in [0.15, 0.2) is 29.0 Å². The van der Waals surface area contributed by atoms with Crippen LogP contribution in [0.4, 0.5) is 0 Å². The Hall–Kier alpha value is -2.15. The molecule has 2 amide bonds. The Labute approximate surface area is 152 Å². The molecule has 1 spiro atoms. The molecule has 1 aromatic rings. The number of hydrogen-bond donors (Lipinski definition) is 0. The van der Waals surface area contributed by atoms with Gasteiger partial charge in [0.05, 0.1) is 31.0 Å². The molecule has 0 aromatic carbocycles. The van der Waals surface area contributed by atoms with Crippen molar-refractivity contribution in [2.24, 2.45) is 11.8 Å². The molecule has 0 saturated carbocycles. The predicted octanol–water partition coefficient (Wildman–Crippen LogP) is 1.60. The summed E-state index contributed by atoms with van der Waals surface area (Å²) in [6, 6.07) is 1.93. The number of hydrogen-bond acceptors (Lipinski definition) is 5. The number of carbonyl (C=O) groups is 2. The highest BCUT2D eigenvalue weighted by Gasteiger charge is 2.67. The first-order valence-corrected chi connectivity index (χ1v) is 9.32. The average Bonchev–Trinajstić information content (AvgIpc) is 3.38. The molecule has 2 fully saturated rings. The minimum atomic E-state index is -0.639. The zero-order valence-electron chi connectivity index (χ0n) is 15.4. The lowest BCUT2D eigenvalue weighted by atomic mass is 9.76. The highest BCUT2D eigenvalue weighted by molar-refractivity contribution is 5.93. The molecule has 3 aliphatic rings. The van der Waals surface area contributed by atoms with Crippen molar-refractivity contribution in [3.8, 4) is 0 Å². The van der Waals surface area contributed by atoms with Gasteiger partial charge in [-0.15, -0.1) is 0 Å². The second kappa shape index (κ2) is 6.23. The number of nitrogens with zero attached hydrogens (tertiary/aromatic N) is 3. The molecule has 7 nitrogen and oxygen atoms in total. The van der Waals surface area contributed by atoms with Crippen molar-refractivity contribution in [2.45, 2.75) is 51.0 Å². The maximum Gasteiger partial charge on any atom is 0.230 e. The van der Waals surface area contributed by atoms with Crippen LogP contribution < -0.4 is 0 Å². The lowest BCUT2D eigenvalue weighted by Gasteiger charge is -2.29. The summed E-state index contributed by atoms with van der Waals surface area (Å²) in [5.41, 5.74) is 0.0472. The van der Waals surface area contributed by atoms with Gasteiger partial charge in [-0.05, 0) is 12.8 Å². The molecule has 0 N–H and O–H groups in total. The second-order valence-electron chi connectivity index (χ2n) is 7.52. The van der Waals surface area contributed by atoms with Crippen LogP contribution in [0, 0.1) is 11.8 Å². The summed E-state index contributed by atoms with van der Waals surface area (Å²) < 4.78 is 11.0. The molecular formula is C19H25N3O4. The summed E-state index contributed by atoms with van der Waals surface area (Å²) in [5.74, 6) is -0.915. The zero-order valence-corrected chi connectivity index (χ0v) is 15.4. The van der Waals surface area contributed by atoms with Crippen LogP contribution in [0.5, 0.6) is 0 Å². The van der Waals surface area contributed by atoms with Gasteiger partial charge in [0.25, 0.3) is 0 Å². The first-order valence-electron chi connectivity index (χ1n) is 9.32. The first-order chi connectivity index (χ1) is 12.5. The smallest absolute Gasteiger partial charge is 0.230 e. The Morgan fingerprint density at radius 2 is 2.23 bits per heavy atom. The molecular weight excluding hydrogens is 334 g/mol. The summed E-state index contributed by atoms with van der Waals surface area (Å²) in [6.07, 6.45) is 6.93. The van der Waals surface area contributed by atoms with Gasteiger partial charge in [0.1, 0.15) is 17.6 Å². The third-order valence-corrected chi connectivity index (χ3v) is 6.06. The first kappa shape index (κ1) is 17.3. The van der Waals surface area contributed by atoms with Gasteiger partial charge < -0.3 is 19.1 Å². The van der Waals surface area contributed by atoms with Crippen LogP contribution >= 0.6 is 0 Å². The van der Waals surface area contributed by atoms with E-state index in [0.29, 0.717) is 18.8 Å². The number of carbonyl (C=O) groups excluding carboxylic acids is 2. The van der Waals surface area contributed by atoms with E-state index in [1.807, 2.05) is 17.1 Å². The Kier molecular flexibility index (Phi) is 4.14. The Balaban J connectivity index is 1.57. The third kappa shape index (κ3) is 2.40. The Bertz CT molecular complexity index is 727. The van der Waals surface area contributed by atoms with E-state index in [-0.39, 0.29) is 24.0 Å². The Morgan fingerprint density at radius 1 is 1.46 bits per heavy atom. The van der Waals surface area contributed by atoms with Gasteiger partial charge in [0, 0.05) is 19.2 Å². The van der Waals surface area contributed by atoms with Crippen molar-refractivity contribution in [3.63, 3.8) is 0 Å². The van der Waals surface area contributed by atoms with E-state index in [2.05, 4.69) is 19.0 Å². The number of amides is 2. The highest BCUT2D eigenvalue weighted by Crippen LogP contribution is 2.52. The lowest BCUT2D eigenvalue weighted by molar-refractivity contribution is -0.143. The van der Waals surface area contributed by atoms with Crippen LogP contribution in [0.25, 0.3) is 0 Å². The maximum atomic E-state index is 13.2. The standard InChI is InChI=1S/C19H25N3O4/c1-4-13(5-2)22-11-19-8-6-14(26-19)15(16(19)18(22)24)17(23)21(3)10-12-7-9-25-20-12/h6-9,13-16H,4-5,10-11H2,1-3H3/t14-,15?,16?,19-/m0/s1. The normalized spacial score (nSPS) is 31.9. The molecule has 4 atom stereocenters. The molecule has 0 aliphatic carbocycles. The van der Waals surface area contributed by atoms with Gasteiger partial charge >= 0.3 is 0 Å². The number of rotatable bonds is 6. The second-order valence-corrected chi connectivity index (χ2v) is 7.52. The van der Waals surface area contributed by atoms with Gasteiger partial charge in [-0.1, -0.05) is 31.2 Å². The summed E-state index contributed by atoms with van der Waals surface area (Å²) in [4.78, 5) is 29.9. The van der Waals surface area contributed by atoms with Crippen LogP contribution in [0.2, 0.25) is 0 Å². The molecule has 1 aromatic heterocycles. The van der Waals surface area contributed by atoms with E-state index in [1.54, 1.807) is 18.0 Å². The molecule has 4 rings (SSSR count). The summed E-state index contributed by atoms with van der Waals surface area (Å²) in [6.45, 7) is 5.09. The minimum Gasteiger partial charge on any atom is -0.364 e. The van der Waals surface area contributed by atoms with Gasteiger partial charge in [-0.25, -0.2) is 0 Å². The quantitative estimate of drug-likeness (QED) is 0.721. The van der Waals surface area contributed by atoms with Crippen LogP contribution in [-0.2, 0) is 20.9 Å². The van der Waals surface area contributed by atoms with E-state index in [0.717, 1.165) is 12.8 Å². The molecule has 2 saturated heterocycles. The molecule has 7 heteroatoms. The topological polar surface area (TPSA) is 75.9 Å². The van der Waals surface area contributed by atoms with E-state index in [9.17, 15) is 9.59 Å². The van der Waals surface area contributed by atoms with Gasteiger partial charge in [0.2, 0.25) is 11.8 Å². The van der Waals surface area contributed by atoms with E-state index < -0.39 is 17.4 Å². The molecule has 0 radical (unpaired) electrons. The van der Waals surface area contributed by atoms with E-state index in [4.69, 9.17) is 9.26 Å². The van der Waals surface area contributed by atoms with Crippen molar-refractivity contribution >= 4 is 11.8 Å². The van der Waals surface area contributed by atoms with Crippen molar-refractivity contribution in [1.82, 2.24) is 15.0 Å². The average molecular weight is 359 g/mol. The molecule has 26 heavy (non-hydrogen) atoms. The summed E-state index contributed by atoms with van der Waals surface area (Å²) in [7, 11) is 1.73. The monoisotopic (exact) mass is 359 g/mol. The van der Waals surface area contributed by atoms with Crippen LogP contribution in [-0.4, -0.2) is 58.1 Å². The minimum absolute atomic E-state index is 0.0544. The lowest BCUT2D eigenvalue weighted by Crippen LogP contribution is -2.45. The van der Waals surface area contributed by atoms with Crippen LogP contribution in [0.3, 0.4) is 0 Å². The van der Waals surface area contributed by atoms with Crippen molar-refractivity contribution < 1.29 is 18.8 Å². The zero-order chi connectivity index (χ0) is 18.5. The fourth-order valence-corrected chi connectivity index (χ4v) is 4.74. The SMILES string of the molecule is CCC(CC)N1C[C@]23C=C[C@H](O2)C(C(=O)N(C)Cc2ccon2)C3C1=O. The maximum absolute atomic E-state index is 13.2. The van der Waals surface area contributed by atoms with E-state index >= 15 is 0 Å². The summed E-state index contributed by atoms with van der Waals surface area (Å²) in [5, 5.41) is 3.86. The van der Waals surface area contributed by atoms with Crippen molar-refractivity contribution in [2.75, 3.05) is 13.6 Å². The van der Waals surface area contributed by atoms with Crippen LogP contribution in [0.1, 0.15) is 32.4 Å². The van der Waals surface area contributed by atoms with Crippen molar-refractivity contribution in [3.05, 3.63) is 30.2 Å².